The number of anilines is 1. The maximum Gasteiger partial charge on any atom is 0.201 e. The van der Waals surface area contributed by atoms with E-state index in [2.05, 4.69) is 53.7 Å². The van der Waals surface area contributed by atoms with Crippen molar-refractivity contribution in [1.29, 1.82) is 0 Å². The number of aryl methyl sites for hydroxylation is 1. The van der Waals surface area contributed by atoms with Crippen LogP contribution in [0.2, 0.25) is 0 Å². The molecule has 0 amide bonds. The highest BCUT2D eigenvalue weighted by Crippen LogP contribution is 2.38. The van der Waals surface area contributed by atoms with E-state index in [1.807, 2.05) is 0 Å². The van der Waals surface area contributed by atoms with Gasteiger partial charge in [0.2, 0.25) is 5.95 Å². The van der Waals surface area contributed by atoms with Gasteiger partial charge in [0.15, 0.2) is 0 Å². The largest absolute Gasteiger partial charge is 0.369 e. The van der Waals surface area contributed by atoms with Crippen molar-refractivity contribution in [3.8, 4) is 0 Å². The smallest absolute Gasteiger partial charge is 0.201 e. The Morgan fingerprint density at radius 2 is 2.11 bits per heavy atom. The standard InChI is InChI=1S/C15H22N4/c1-11-5-6-13-12(9-11)17-14(16)19(13)10-15(18(2)3)7-4-8-15/h5-6,9H,4,7-8,10H2,1-3H3,(H2,16,17). The minimum atomic E-state index is 0.257. The number of aromatic nitrogens is 2. The summed E-state index contributed by atoms with van der Waals surface area (Å²) in [5.41, 5.74) is 9.76. The number of imidazole rings is 1. The highest BCUT2D eigenvalue weighted by atomic mass is 15.2. The first-order valence-electron chi connectivity index (χ1n) is 6.92. The Morgan fingerprint density at radius 1 is 1.37 bits per heavy atom. The Hall–Kier alpha value is -1.55. The molecule has 1 aromatic carbocycles. The summed E-state index contributed by atoms with van der Waals surface area (Å²) >= 11 is 0. The first-order chi connectivity index (χ1) is 9.02. The van der Waals surface area contributed by atoms with Crippen molar-refractivity contribution in [2.75, 3.05) is 19.8 Å². The molecule has 0 atom stereocenters. The molecule has 1 saturated carbocycles. The second-order valence-corrected chi connectivity index (χ2v) is 6.02. The molecule has 2 aromatic rings. The maximum atomic E-state index is 6.12. The van der Waals surface area contributed by atoms with E-state index >= 15 is 0 Å². The lowest BCUT2D eigenvalue weighted by molar-refractivity contribution is 0.0440. The summed E-state index contributed by atoms with van der Waals surface area (Å²) in [7, 11) is 4.33. The fourth-order valence-corrected chi connectivity index (χ4v) is 3.05. The predicted octanol–water partition coefficient (Wildman–Crippen LogP) is 2.41. The number of benzene rings is 1. The van der Waals surface area contributed by atoms with Gasteiger partial charge in [0, 0.05) is 12.1 Å². The van der Waals surface area contributed by atoms with E-state index in [9.17, 15) is 0 Å². The van der Waals surface area contributed by atoms with Crippen LogP contribution in [-0.2, 0) is 6.54 Å². The first-order valence-corrected chi connectivity index (χ1v) is 6.92. The fourth-order valence-electron chi connectivity index (χ4n) is 3.05. The van der Waals surface area contributed by atoms with Gasteiger partial charge in [-0.2, -0.15) is 0 Å². The SMILES string of the molecule is Cc1ccc2c(c1)nc(N)n2CC1(N(C)C)CCC1. The molecule has 19 heavy (non-hydrogen) atoms. The van der Waals surface area contributed by atoms with E-state index in [-0.39, 0.29) is 5.54 Å². The van der Waals surface area contributed by atoms with E-state index in [0.717, 1.165) is 17.6 Å². The number of nitrogens with two attached hydrogens (primary N) is 1. The second-order valence-electron chi connectivity index (χ2n) is 6.02. The van der Waals surface area contributed by atoms with Crippen molar-refractivity contribution in [2.24, 2.45) is 0 Å². The normalized spacial score (nSPS) is 17.9. The molecule has 3 rings (SSSR count). The summed E-state index contributed by atoms with van der Waals surface area (Å²) in [5, 5.41) is 0. The molecule has 2 N–H and O–H groups in total. The third-order valence-electron chi connectivity index (χ3n) is 4.62. The van der Waals surface area contributed by atoms with Crippen molar-refractivity contribution < 1.29 is 0 Å². The summed E-state index contributed by atoms with van der Waals surface area (Å²) in [6, 6.07) is 6.37. The first kappa shape index (κ1) is 12.5. The monoisotopic (exact) mass is 258 g/mol. The molecule has 4 nitrogen and oxygen atoms in total. The minimum absolute atomic E-state index is 0.257. The van der Waals surface area contributed by atoms with Gasteiger partial charge in [-0.3, -0.25) is 0 Å². The Labute approximate surface area is 114 Å². The zero-order valence-electron chi connectivity index (χ0n) is 12.0. The Morgan fingerprint density at radius 3 is 2.68 bits per heavy atom. The molecule has 0 saturated heterocycles. The van der Waals surface area contributed by atoms with E-state index in [1.165, 1.54) is 24.8 Å². The molecule has 1 heterocycles. The van der Waals surface area contributed by atoms with Crippen LogP contribution in [-0.4, -0.2) is 34.1 Å². The lowest BCUT2D eigenvalue weighted by Crippen LogP contribution is -2.53. The molecule has 1 aromatic heterocycles. The van der Waals surface area contributed by atoms with Gasteiger partial charge in [-0.1, -0.05) is 6.07 Å². The zero-order chi connectivity index (χ0) is 13.6. The third kappa shape index (κ3) is 1.91. The Kier molecular flexibility index (Phi) is 2.78. The number of hydrogen-bond acceptors (Lipinski definition) is 3. The number of fused-ring (bicyclic) bond motifs is 1. The molecular weight excluding hydrogens is 236 g/mol. The second kappa shape index (κ2) is 4.23. The molecule has 0 bridgehead atoms. The number of rotatable bonds is 3. The minimum Gasteiger partial charge on any atom is -0.369 e. The molecule has 0 radical (unpaired) electrons. The number of nitrogens with zero attached hydrogens (tertiary/aromatic N) is 3. The Balaban J connectivity index is 2.03. The highest BCUT2D eigenvalue weighted by molar-refractivity contribution is 5.79. The van der Waals surface area contributed by atoms with Gasteiger partial charge in [0.25, 0.3) is 0 Å². The van der Waals surface area contributed by atoms with Crippen LogP contribution in [0.25, 0.3) is 11.0 Å². The number of nitrogen functional groups attached to an aromatic ring is 1. The van der Waals surface area contributed by atoms with E-state index in [0.29, 0.717) is 5.95 Å². The van der Waals surface area contributed by atoms with Crippen LogP contribution in [0, 0.1) is 6.92 Å². The van der Waals surface area contributed by atoms with Crippen LogP contribution < -0.4 is 5.73 Å². The van der Waals surface area contributed by atoms with Crippen molar-refractivity contribution in [2.45, 2.75) is 38.3 Å². The molecule has 1 aliphatic rings. The Bertz CT molecular complexity index is 608. The average molecular weight is 258 g/mol. The van der Waals surface area contributed by atoms with Crippen LogP contribution in [0.15, 0.2) is 18.2 Å². The molecule has 0 unspecified atom stereocenters. The van der Waals surface area contributed by atoms with Crippen LogP contribution >= 0.6 is 0 Å². The van der Waals surface area contributed by atoms with Gasteiger partial charge in [-0.15, -0.1) is 0 Å². The summed E-state index contributed by atoms with van der Waals surface area (Å²) in [4.78, 5) is 6.84. The molecule has 1 fully saturated rings. The average Bonchev–Trinajstić information content (AvgIpc) is 2.58. The maximum absolute atomic E-state index is 6.12. The molecule has 1 aliphatic carbocycles. The molecule has 102 valence electrons. The van der Waals surface area contributed by atoms with Gasteiger partial charge in [0.1, 0.15) is 0 Å². The van der Waals surface area contributed by atoms with E-state index in [4.69, 9.17) is 5.73 Å². The third-order valence-corrected chi connectivity index (χ3v) is 4.62. The van der Waals surface area contributed by atoms with Gasteiger partial charge in [0.05, 0.1) is 11.0 Å². The van der Waals surface area contributed by atoms with Gasteiger partial charge >= 0.3 is 0 Å². The number of likely N-dealkylation sites (N-methyl/N-ethyl adjacent to an activating group) is 1. The van der Waals surface area contributed by atoms with Crippen LogP contribution in [0.5, 0.6) is 0 Å². The summed E-state index contributed by atoms with van der Waals surface area (Å²) in [5.74, 6) is 0.633. The van der Waals surface area contributed by atoms with E-state index < -0.39 is 0 Å². The van der Waals surface area contributed by atoms with Crippen LogP contribution in [0.1, 0.15) is 24.8 Å². The van der Waals surface area contributed by atoms with Crippen LogP contribution in [0.4, 0.5) is 5.95 Å². The van der Waals surface area contributed by atoms with Gasteiger partial charge in [-0.25, -0.2) is 4.98 Å². The van der Waals surface area contributed by atoms with Crippen molar-refractivity contribution >= 4 is 17.0 Å². The van der Waals surface area contributed by atoms with Crippen molar-refractivity contribution in [3.63, 3.8) is 0 Å². The van der Waals surface area contributed by atoms with Crippen molar-refractivity contribution in [3.05, 3.63) is 23.8 Å². The van der Waals surface area contributed by atoms with Gasteiger partial charge < -0.3 is 15.2 Å². The van der Waals surface area contributed by atoms with Crippen molar-refractivity contribution in [1.82, 2.24) is 14.5 Å². The zero-order valence-corrected chi connectivity index (χ0v) is 12.0. The molecular formula is C15H22N4. The number of hydrogen-bond donors (Lipinski definition) is 1. The predicted molar refractivity (Wildman–Crippen MR) is 79.2 cm³/mol. The lowest BCUT2D eigenvalue weighted by Gasteiger charge is -2.47. The van der Waals surface area contributed by atoms with Gasteiger partial charge in [-0.05, 0) is 58.0 Å². The summed E-state index contributed by atoms with van der Waals surface area (Å²) in [6.07, 6.45) is 3.79. The topological polar surface area (TPSA) is 47.1 Å². The molecule has 0 spiro atoms. The van der Waals surface area contributed by atoms with E-state index in [1.54, 1.807) is 0 Å². The highest BCUT2D eigenvalue weighted by Gasteiger charge is 2.40. The molecule has 0 aliphatic heterocycles. The lowest BCUT2D eigenvalue weighted by atomic mass is 9.75. The quantitative estimate of drug-likeness (QED) is 0.919. The fraction of sp³-hybridized carbons (Fsp3) is 0.533. The molecule has 4 heteroatoms. The summed E-state index contributed by atoms with van der Waals surface area (Å²) < 4.78 is 2.17. The summed E-state index contributed by atoms with van der Waals surface area (Å²) in [6.45, 7) is 3.02. The van der Waals surface area contributed by atoms with Crippen LogP contribution in [0.3, 0.4) is 0 Å².